The van der Waals surface area contributed by atoms with Gasteiger partial charge >= 0.3 is 18.0 Å². The van der Waals surface area contributed by atoms with Gasteiger partial charge in [-0.3, -0.25) is 14.7 Å². The summed E-state index contributed by atoms with van der Waals surface area (Å²) in [7, 11) is 1.31. The molecule has 1 aromatic heterocycles. The number of amides is 2. The van der Waals surface area contributed by atoms with Gasteiger partial charge < -0.3 is 25.0 Å². The van der Waals surface area contributed by atoms with Gasteiger partial charge in [0.15, 0.2) is 10.8 Å². The van der Waals surface area contributed by atoms with Crippen LogP contribution >= 0.6 is 11.3 Å². The Hall–Kier alpha value is -2.99. The number of amidine groups is 1. The molecule has 4 heterocycles. The standard InChI is InChI=1S/C20H24N6O5S/c1-31-19(29)12-8-22-16(17-21-4-7-32-17)23-13(12)9-24-5-6-25-14(15(24)18(27)28)10-26(20(25)30)11-2-3-11/h4,7,11,14-15H,2-3,5-6,8-10H2,1H3,(H,22,23)(H,27,28). The summed E-state index contributed by atoms with van der Waals surface area (Å²) in [5.74, 6) is -0.935. The van der Waals surface area contributed by atoms with Crippen molar-refractivity contribution in [1.29, 1.82) is 0 Å². The Morgan fingerprint density at radius 2 is 2.12 bits per heavy atom. The Balaban J connectivity index is 1.40. The molecule has 0 aromatic carbocycles. The van der Waals surface area contributed by atoms with Crippen molar-refractivity contribution in [3.05, 3.63) is 27.9 Å². The second kappa shape index (κ2) is 8.17. The number of carboxylic acids is 1. The van der Waals surface area contributed by atoms with Gasteiger partial charge in [0.1, 0.15) is 6.04 Å². The smallest absolute Gasteiger partial charge is 0.337 e. The number of aliphatic carboxylic acids is 1. The highest BCUT2D eigenvalue weighted by Gasteiger charge is 2.52. The predicted molar refractivity (Wildman–Crippen MR) is 114 cm³/mol. The maximum absolute atomic E-state index is 12.8. The molecule has 1 aromatic rings. The predicted octanol–water partition coefficient (Wildman–Crippen LogP) is -0.0426. The molecule has 1 aliphatic carbocycles. The van der Waals surface area contributed by atoms with Gasteiger partial charge in [0.2, 0.25) is 0 Å². The number of carbonyl (C=O) groups excluding carboxylic acids is 2. The summed E-state index contributed by atoms with van der Waals surface area (Å²) in [5, 5.41) is 15.8. The van der Waals surface area contributed by atoms with E-state index in [0.29, 0.717) is 41.7 Å². The van der Waals surface area contributed by atoms with Gasteiger partial charge in [-0.2, -0.15) is 0 Å². The number of aromatic nitrogens is 1. The summed E-state index contributed by atoms with van der Waals surface area (Å²) in [6, 6.07) is -1.12. The highest BCUT2D eigenvalue weighted by atomic mass is 32.1. The van der Waals surface area contributed by atoms with E-state index in [2.05, 4.69) is 15.3 Å². The van der Waals surface area contributed by atoms with Crippen molar-refractivity contribution < 1.29 is 24.2 Å². The van der Waals surface area contributed by atoms with E-state index in [0.717, 1.165) is 12.8 Å². The van der Waals surface area contributed by atoms with Crippen molar-refractivity contribution in [3.8, 4) is 0 Å². The van der Waals surface area contributed by atoms with Crippen LogP contribution in [0.15, 0.2) is 27.8 Å². The van der Waals surface area contributed by atoms with Gasteiger partial charge in [0.05, 0.1) is 25.3 Å². The average molecular weight is 461 g/mol. The van der Waals surface area contributed by atoms with Gasteiger partial charge in [-0.1, -0.05) is 0 Å². The van der Waals surface area contributed by atoms with E-state index in [1.807, 2.05) is 15.2 Å². The summed E-state index contributed by atoms with van der Waals surface area (Å²) in [6.07, 6.45) is 3.63. The highest BCUT2D eigenvalue weighted by molar-refractivity contribution is 7.11. The second-order valence-electron chi connectivity index (χ2n) is 8.26. The number of ether oxygens (including phenoxy) is 1. The first-order valence-corrected chi connectivity index (χ1v) is 11.4. The number of hydrogen-bond donors (Lipinski definition) is 2. The second-order valence-corrected chi connectivity index (χ2v) is 9.15. The van der Waals surface area contributed by atoms with E-state index in [9.17, 15) is 19.5 Å². The van der Waals surface area contributed by atoms with Crippen LogP contribution in [-0.4, -0.2) is 107 Å². The summed E-state index contributed by atoms with van der Waals surface area (Å²) in [4.78, 5) is 51.5. The van der Waals surface area contributed by atoms with E-state index in [4.69, 9.17) is 4.74 Å². The number of nitrogens with one attached hydrogen (secondary N) is 1. The van der Waals surface area contributed by atoms with Crippen LogP contribution in [0.2, 0.25) is 0 Å². The lowest BCUT2D eigenvalue weighted by molar-refractivity contribution is -0.147. The normalized spacial score (nSPS) is 26.0. The minimum absolute atomic E-state index is 0.0631. The lowest BCUT2D eigenvalue weighted by Gasteiger charge is -2.42. The zero-order chi connectivity index (χ0) is 22.4. The number of carbonyl (C=O) groups is 3. The van der Waals surface area contributed by atoms with Crippen molar-refractivity contribution >= 4 is 35.1 Å². The first-order valence-electron chi connectivity index (χ1n) is 10.5. The maximum Gasteiger partial charge on any atom is 0.337 e. The topological polar surface area (TPSA) is 128 Å². The molecule has 5 rings (SSSR count). The number of fused-ring (bicyclic) bond motifs is 1. The highest BCUT2D eigenvalue weighted by Crippen LogP contribution is 2.35. The van der Waals surface area contributed by atoms with E-state index in [1.165, 1.54) is 18.4 Å². The number of nitrogens with zero attached hydrogens (tertiary/aromatic N) is 5. The van der Waals surface area contributed by atoms with Gasteiger partial charge in [0.25, 0.3) is 0 Å². The van der Waals surface area contributed by atoms with Crippen LogP contribution in [0.3, 0.4) is 0 Å². The van der Waals surface area contributed by atoms with E-state index >= 15 is 0 Å². The fraction of sp³-hybridized carbons (Fsp3) is 0.550. The Labute approximate surface area is 188 Å². The van der Waals surface area contributed by atoms with Gasteiger partial charge in [-0.15, -0.1) is 11.3 Å². The number of thiazole rings is 1. The molecule has 3 fully saturated rings. The van der Waals surface area contributed by atoms with Gasteiger partial charge in [-0.25, -0.2) is 14.6 Å². The molecule has 2 amide bonds. The van der Waals surface area contributed by atoms with Crippen LogP contribution in [0.1, 0.15) is 17.8 Å². The number of piperazine rings is 1. The Bertz CT molecular complexity index is 1000. The molecule has 2 saturated heterocycles. The summed E-state index contributed by atoms with van der Waals surface area (Å²) in [6.45, 7) is 1.58. The third-order valence-electron chi connectivity index (χ3n) is 6.36. The number of aliphatic imine (C=N–C) groups is 1. The molecule has 2 N–H and O–H groups in total. The molecule has 2 atom stereocenters. The molecular formula is C20H24N6O5S. The Morgan fingerprint density at radius 1 is 1.31 bits per heavy atom. The number of urea groups is 1. The molecule has 32 heavy (non-hydrogen) atoms. The van der Waals surface area contributed by atoms with E-state index in [1.54, 1.807) is 11.1 Å². The number of rotatable bonds is 6. The molecule has 0 bridgehead atoms. The summed E-state index contributed by atoms with van der Waals surface area (Å²) >= 11 is 1.42. The molecule has 170 valence electrons. The monoisotopic (exact) mass is 460 g/mol. The minimum atomic E-state index is -0.977. The zero-order valence-electron chi connectivity index (χ0n) is 17.6. The van der Waals surface area contributed by atoms with Crippen LogP contribution < -0.4 is 5.32 Å². The molecule has 11 nitrogen and oxygen atoms in total. The zero-order valence-corrected chi connectivity index (χ0v) is 18.4. The number of methoxy groups -OCH3 is 1. The molecule has 3 aliphatic heterocycles. The van der Waals surface area contributed by atoms with Crippen LogP contribution in [0.25, 0.3) is 0 Å². The first-order chi connectivity index (χ1) is 15.5. The summed E-state index contributed by atoms with van der Waals surface area (Å²) in [5.41, 5.74) is 0.918. The largest absolute Gasteiger partial charge is 0.480 e. The third-order valence-corrected chi connectivity index (χ3v) is 7.14. The van der Waals surface area contributed by atoms with Crippen LogP contribution in [0.5, 0.6) is 0 Å². The van der Waals surface area contributed by atoms with Crippen LogP contribution in [0.4, 0.5) is 4.79 Å². The number of esters is 1. The van der Waals surface area contributed by atoms with Crippen molar-refractivity contribution in [2.45, 2.75) is 31.0 Å². The van der Waals surface area contributed by atoms with Crippen molar-refractivity contribution in [3.63, 3.8) is 0 Å². The van der Waals surface area contributed by atoms with Gasteiger partial charge in [0, 0.05) is 49.5 Å². The molecule has 0 spiro atoms. The number of hydrogen-bond acceptors (Lipinski definition) is 9. The fourth-order valence-corrected chi connectivity index (χ4v) is 5.25. The first kappa shape index (κ1) is 20.9. The molecule has 4 aliphatic rings. The molecule has 1 saturated carbocycles. The van der Waals surface area contributed by atoms with Gasteiger partial charge in [-0.05, 0) is 12.8 Å². The Kier molecular flexibility index (Phi) is 5.33. The Morgan fingerprint density at radius 3 is 2.78 bits per heavy atom. The molecule has 0 radical (unpaired) electrons. The fourth-order valence-electron chi connectivity index (χ4n) is 4.65. The van der Waals surface area contributed by atoms with Crippen LogP contribution in [-0.2, 0) is 14.3 Å². The quantitative estimate of drug-likeness (QED) is 0.566. The third kappa shape index (κ3) is 3.62. The lowest BCUT2D eigenvalue weighted by atomic mass is 10.0. The van der Waals surface area contributed by atoms with Crippen molar-refractivity contribution in [1.82, 2.24) is 25.0 Å². The molecule has 12 heteroatoms. The maximum atomic E-state index is 12.8. The van der Waals surface area contributed by atoms with Crippen LogP contribution in [0, 0.1) is 0 Å². The summed E-state index contributed by atoms with van der Waals surface area (Å²) < 4.78 is 4.93. The van der Waals surface area contributed by atoms with E-state index in [-0.39, 0.29) is 25.2 Å². The average Bonchev–Trinajstić information content (AvgIpc) is 3.36. The van der Waals surface area contributed by atoms with Crippen molar-refractivity contribution in [2.75, 3.05) is 39.8 Å². The molecular weight excluding hydrogens is 436 g/mol. The number of carboxylic acid groups (broad SMARTS) is 1. The minimum Gasteiger partial charge on any atom is -0.480 e. The molecule has 2 unspecified atom stereocenters. The van der Waals surface area contributed by atoms with E-state index < -0.39 is 24.0 Å². The van der Waals surface area contributed by atoms with Crippen molar-refractivity contribution in [2.24, 2.45) is 4.99 Å². The SMILES string of the molecule is COC(=O)C1=C(CN2CCN3C(=O)N(C4CC4)CC3C2C(=O)O)NC(c2nccs2)=NC1. The lowest BCUT2D eigenvalue weighted by Crippen LogP contribution is -2.62.